The van der Waals surface area contributed by atoms with Crippen LogP contribution in [0.25, 0.3) is 0 Å². The number of para-hydroxylation sites is 1. The normalized spacial score (nSPS) is 11.2. The summed E-state index contributed by atoms with van der Waals surface area (Å²) in [5, 5.41) is 2.60. The number of esters is 1. The van der Waals surface area contributed by atoms with Crippen molar-refractivity contribution in [1.82, 2.24) is 0 Å². The Kier molecular flexibility index (Phi) is 6.89. The highest BCUT2D eigenvalue weighted by atomic mass is 19.1. The number of amides is 1. The fourth-order valence-corrected chi connectivity index (χ4v) is 2.65. The van der Waals surface area contributed by atoms with Crippen molar-refractivity contribution < 1.29 is 28.2 Å². The van der Waals surface area contributed by atoms with Gasteiger partial charge in [0.05, 0.1) is 5.56 Å². The van der Waals surface area contributed by atoms with Crippen molar-refractivity contribution in [3.8, 4) is 5.75 Å². The van der Waals surface area contributed by atoms with E-state index in [4.69, 9.17) is 9.47 Å². The maximum Gasteiger partial charge on any atom is 0.345 e. The standard InChI is InChI=1S/C23H18FNO5/c24-18-10-12-19(13-11-18)25-23(28)22(16-6-2-1-3-7-16)30-21(27)15-29-20-9-5-4-8-17(20)14-26/h1-14,22H,15H2,(H,25,28)/t22-/m0/s1. The van der Waals surface area contributed by atoms with Gasteiger partial charge in [0.2, 0.25) is 6.10 Å². The maximum absolute atomic E-state index is 13.1. The van der Waals surface area contributed by atoms with E-state index in [-0.39, 0.29) is 5.75 Å². The number of carbonyl (C=O) groups is 3. The number of carbonyl (C=O) groups excluding carboxylic acids is 3. The third-order valence-corrected chi connectivity index (χ3v) is 4.09. The van der Waals surface area contributed by atoms with E-state index >= 15 is 0 Å². The Hall–Kier alpha value is -4.00. The molecule has 0 saturated heterocycles. The van der Waals surface area contributed by atoms with Crippen molar-refractivity contribution in [3.05, 3.63) is 95.8 Å². The van der Waals surface area contributed by atoms with E-state index in [1.807, 2.05) is 0 Å². The molecule has 7 heteroatoms. The maximum atomic E-state index is 13.1. The van der Waals surface area contributed by atoms with Crippen LogP contribution in [0, 0.1) is 5.82 Å². The molecule has 0 fully saturated rings. The molecule has 3 aromatic carbocycles. The van der Waals surface area contributed by atoms with Crippen LogP contribution in [0.4, 0.5) is 10.1 Å². The number of anilines is 1. The van der Waals surface area contributed by atoms with Crippen LogP contribution in [0.1, 0.15) is 22.0 Å². The Labute approximate surface area is 172 Å². The first-order valence-electron chi connectivity index (χ1n) is 9.04. The summed E-state index contributed by atoms with van der Waals surface area (Å²) < 4.78 is 23.8. The minimum Gasteiger partial charge on any atom is -0.481 e. The molecule has 0 aliphatic carbocycles. The highest BCUT2D eigenvalue weighted by Gasteiger charge is 2.25. The third-order valence-electron chi connectivity index (χ3n) is 4.09. The number of nitrogens with one attached hydrogen (secondary N) is 1. The Balaban J connectivity index is 1.70. The van der Waals surface area contributed by atoms with Gasteiger partial charge in [0.25, 0.3) is 5.91 Å². The van der Waals surface area contributed by atoms with E-state index in [1.165, 1.54) is 24.3 Å². The summed E-state index contributed by atoms with van der Waals surface area (Å²) in [4.78, 5) is 36.1. The van der Waals surface area contributed by atoms with Gasteiger partial charge in [-0.25, -0.2) is 9.18 Å². The minimum atomic E-state index is -1.24. The van der Waals surface area contributed by atoms with Crippen molar-refractivity contribution in [2.75, 3.05) is 11.9 Å². The number of aldehydes is 1. The number of hydrogen-bond donors (Lipinski definition) is 1. The second kappa shape index (κ2) is 9.97. The second-order valence-corrected chi connectivity index (χ2v) is 6.22. The number of hydrogen-bond acceptors (Lipinski definition) is 5. The van der Waals surface area contributed by atoms with Crippen molar-refractivity contribution in [3.63, 3.8) is 0 Å². The molecule has 1 atom stereocenters. The molecular formula is C23H18FNO5. The lowest BCUT2D eigenvalue weighted by Gasteiger charge is -2.18. The lowest BCUT2D eigenvalue weighted by Crippen LogP contribution is -2.28. The van der Waals surface area contributed by atoms with E-state index in [1.54, 1.807) is 54.6 Å². The fourth-order valence-electron chi connectivity index (χ4n) is 2.65. The van der Waals surface area contributed by atoms with E-state index in [0.717, 1.165) is 0 Å². The smallest absolute Gasteiger partial charge is 0.345 e. The predicted molar refractivity (Wildman–Crippen MR) is 108 cm³/mol. The molecule has 152 valence electrons. The van der Waals surface area contributed by atoms with Gasteiger partial charge >= 0.3 is 5.97 Å². The molecule has 3 rings (SSSR count). The third kappa shape index (κ3) is 5.51. The molecule has 1 amide bonds. The highest BCUT2D eigenvalue weighted by molar-refractivity contribution is 5.96. The minimum absolute atomic E-state index is 0.233. The van der Waals surface area contributed by atoms with Crippen LogP contribution in [-0.4, -0.2) is 24.8 Å². The molecule has 0 saturated carbocycles. The molecule has 0 spiro atoms. The highest BCUT2D eigenvalue weighted by Crippen LogP contribution is 2.21. The zero-order chi connectivity index (χ0) is 21.3. The molecule has 0 bridgehead atoms. The predicted octanol–water partition coefficient (Wildman–Crippen LogP) is 3.94. The van der Waals surface area contributed by atoms with Crippen molar-refractivity contribution >= 4 is 23.9 Å². The Morgan fingerprint density at radius 2 is 1.60 bits per heavy atom. The summed E-state index contributed by atoms with van der Waals surface area (Å²) in [6.45, 7) is -0.488. The summed E-state index contributed by atoms with van der Waals surface area (Å²) in [6, 6.07) is 20.1. The molecule has 1 N–H and O–H groups in total. The van der Waals surface area contributed by atoms with Crippen molar-refractivity contribution in [1.29, 1.82) is 0 Å². The average molecular weight is 407 g/mol. The van der Waals surface area contributed by atoms with Crippen molar-refractivity contribution in [2.45, 2.75) is 6.10 Å². The van der Waals surface area contributed by atoms with Crippen LogP contribution in [0.5, 0.6) is 5.75 Å². The van der Waals surface area contributed by atoms with Gasteiger partial charge < -0.3 is 14.8 Å². The van der Waals surface area contributed by atoms with E-state index in [0.29, 0.717) is 23.1 Å². The lowest BCUT2D eigenvalue weighted by molar-refractivity contribution is -0.156. The molecule has 0 aliphatic heterocycles. The number of benzene rings is 3. The van der Waals surface area contributed by atoms with E-state index in [9.17, 15) is 18.8 Å². The largest absolute Gasteiger partial charge is 0.481 e. The van der Waals surface area contributed by atoms with Gasteiger partial charge in [0.15, 0.2) is 12.9 Å². The second-order valence-electron chi connectivity index (χ2n) is 6.22. The summed E-state index contributed by atoms with van der Waals surface area (Å²) in [5.41, 5.74) is 1.10. The average Bonchev–Trinajstić information content (AvgIpc) is 2.78. The molecule has 0 heterocycles. The zero-order valence-corrected chi connectivity index (χ0v) is 15.8. The zero-order valence-electron chi connectivity index (χ0n) is 15.8. The van der Waals surface area contributed by atoms with Crippen LogP contribution in [0.2, 0.25) is 0 Å². The van der Waals surface area contributed by atoms with Gasteiger partial charge in [-0.2, -0.15) is 0 Å². The summed E-state index contributed by atoms with van der Waals surface area (Å²) >= 11 is 0. The van der Waals surface area contributed by atoms with Gasteiger partial charge in [-0.05, 0) is 36.4 Å². The molecule has 0 aliphatic rings. The first-order chi connectivity index (χ1) is 14.6. The molecule has 0 aromatic heterocycles. The summed E-state index contributed by atoms with van der Waals surface area (Å²) in [5.74, 6) is -1.60. The van der Waals surface area contributed by atoms with Gasteiger partial charge in [0.1, 0.15) is 11.6 Å². The quantitative estimate of drug-likeness (QED) is 0.452. The first-order valence-corrected chi connectivity index (χ1v) is 9.04. The van der Waals surface area contributed by atoms with Crippen LogP contribution >= 0.6 is 0 Å². The van der Waals surface area contributed by atoms with Crippen LogP contribution < -0.4 is 10.1 Å². The van der Waals surface area contributed by atoms with E-state index < -0.39 is 30.4 Å². The number of halogens is 1. The van der Waals surface area contributed by atoms with Crippen LogP contribution in [-0.2, 0) is 14.3 Å². The van der Waals surface area contributed by atoms with Gasteiger partial charge in [0, 0.05) is 11.3 Å². The van der Waals surface area contributed by atoms with Crippen molar-refractivity contribution in [2.24, 2.45) is 0 Å². The fraction of sp³-hybridized carbons (Fsp3) is 0.0870. The topological polar surface area (TPSA) is 81.7 Å². The molecule has 3 aromatic rings. The molecule has 0 unspecified atom stereocenters. The van der Waals surface area contributed by atoms with E-state index in [2.05, 4.69) is 5.32 Å². The molecule has 0 radical (unpaired) electrons. The summed E-state index contributed by atoms with van der Waals surface area (Å²) in [7, 11) is 0. The number of ether oxygens (including phenoxy) is 2. The number of rotatable bonds is 8. The van der Waals surface area contributed by atoms with Gasteiger partial charge in [-0.3, -0.25) is 9.59 Å². The molecular weight excluding hydrogens is 389 g/mol. The van der Waals surface area contributed by atoms with Gasteiger partial charge in [-0.15, -0.1) is 0 Å². The summed E-state index contributed by atoms with van der Waals surface area (Å²) in [6.07, 6.45) is -0.627. The molecule has 6 nitrogen and oxygen atoms in total. The lowest BCUT2D eigenvalue weighted by atomic mass is 10.1. The van der Waals surface area contributed by atoms with Gasteiger partial charge in [-0.1, -0.05) is 42.5 Å². The van der Waals surface area contributed by atoms with Crippen LogP contribution in [0.3, 0.4) is 0 Å². The monoisotopic (exact) mass is 407 g/mol. The Bertz CT molecular complexity index is 1020. The molecule has 30 heavy (non-hydrogen) atoms. The SMILES string of the molecule is O=Cc1ccccc1OCC(=O)O[C@H](C(=O)Nc1ccc(F)cc1)c1ccccc1. The van der Waals surface area contributed by atoms with Crippen LogP contribution in [0.15, 0.2) is 78.9 Å². The first kappa shape index (κ1) is 20.7. The Morgan fingerprint density at radius 1 is 0.933 bits per heavy atom. The Morgan fingerprint density at radius 3 is 2.30 bits per heavy atom.